The second kappa shape index (κ2) is 8.25. The minimum absolute atomic E-state index is 0.0566. The van der Waals surface area contributed by atoms with Crippen LogP contribution in [-0.4, -0.2) is 23.9 Å². The molecular weight excluding hydrogens is 372 g/mol. The van der Waals surface area contributed by atoms with Crippen molar-refractivity contribution in [3.8, 4) is 0 Å². The summed E-state index contributed by atoms with van der Waals surface area (Å²) in [4.78, 5) is 25.7. The van der Waals surface area contributed by atoms with E-state index < -0.39 is 0 Å². The van der Waals surface area contributed by atoms with Crippen molar-refractivity contribution in [3.05, 3.63) is 71.8 Å². The van der Waals surface area contributed by atoms with Gasteiger partial charge < -0.3 is 10.6 Å². The van der Waals surface area contributed by atoms with Gasteiger partial charge in [-0.1, -0.05) is 73.5 Å². The molecule has 3 aliphatic rings. The number of rotatable bonds is 6. The van der Waals surface area contributed by atoms with E-state index in [2.05, 4.69) is 34.9 Å². The predicted molar refractivity (Wildman–Crippen MR) is 117 cm³/mol. The Balaban J connectivity index is 1.16. The summed E-state index contributed by atoms with van der Waals surface area (Å²) in [6.45, 7) is 0. The molecule has 2 amide bonds. The van der Waals surface area contributed by atoms with Crippen LogP contribution in [0.15, 0.2) is 60.7 Å². The van der Waals surface area contributed by atoms with Crippen LogP contribution in [0.1, 0.15) is 61.5 Å². The van der Waals surface area contributed by atoms with Gasteiger partial charge in [0.1, 0.15) is 0 Å². The van der Waals surface area contributed by atoms with Gasteiger partial charge in [0.2, 0.25) is 11.8 Å². The summed E-state index contributed by atoms with van der Waals surface area (Å²) in [7, 11) is 0. The molecule has 30 heavy (non-hydrogen) atoms. The van der Waals surface area contributed by atoms with Gasteiger partial charge in [-0.25, -0.2) is 0 Å². The Morgan fingerprint density at radius 2 is 1.03 bits per heavy atom. The van der Waals surface area contributed by atoms with Crippen molar-refractivity contribution in [2.24, 2.45) is 11.8 Å². The number of amides is 2. The van der Waals surface area contributed by atoms with Gasteiger partial charge in [-0.15, -0.1) is 0 Å². The first-order chi connectivity index (χ1) is 14.7. The highest BCUT2D eigenvalue weighted by Gasteiger charge is 2.46. The molecule has 3 fully saturated rings. The average Bonchev–Trinajstić information content (AvgIpc) is 3.70. The van der Waals surface area contributed by atoms with Crippen LogP contribution in [0.3, 0.4) is 0 Å². The third-order valence-corrected chi connectivity index (χ3v) is 7.13. The number of carbonyl (C=O) groups excluding carboxylic acids is 2. The van der Waals surface area contributed by atoms with E-state index in [1.807, 2.05) is 36.4 Å². The van der Waals surface area contributed by atoms with Gasteiger partial charge in [0.05, 0.1) is 0 Å². The van der Waals surface area contributed by atoms with E-state index >= 15 is 0 Å². The molecule has 156 valence electrons. The molecule has 3 aliphatic carbocycles. The van der Waals surface area contributed by atoms with E-state index in [1.54, 1.807) is 0 Å². The third kappa shape index (κ3) is 4.14. The van der Waals surface area contributed by atoms with E-state index in [1.165, 1.54) is 11.1 Å². The minimum Gasteiger partial charge on any atom is -0.351 e. The number of nitrogens with one attached hydrogen (secondary N) is 2. The molecule has 0 saturated heterocycles. The topological polar surface area (TPSA) is 58.2 Å². The maximum Gasteiger partial charge on any atom is 0.224 e. The van der Waals surface area contributed by atoms with Gasteiger partial charge in [0, 0.05) is 23.9 Å². The zero-order chi connectivity index (χ0) is 20.5. The Bertz CT molecular complexity index is 822. The number of benzene rings is 2. The summed E-state index contributed by atoms with van der Waals surface area (Å²) >= 11 is 0. The Hall–Kier alpha value is -2.62. The van der Waals surface area contributed by atoms with Crippen molar-refractivity contribution in [2.45, 2.75) is 62.4 Å². The second-order valence-corrected chi connectivity index (χ2v) is 9.23. The largest absolute Gasteiger partial charge is 0.351 e. The van der Waals surface area contributed by atoms with Crippen molar-refractivity contribution in [1.29, 1.82) is 0 Å². The zero-order valence-electron chi connectivity index (χ0n) is 17.3. The van der Waals surface area contributed by atoms with E-state index in [-0.39, 0.29) is 35.7 Å². The van der Waals surface area contributed by atoms with Crippen LogP contribution in [0.25, 0.3) is 0 Å². The fourth-order valence-corrected chi connectivity index (χ4v) is 5.16. The summed E-state index contributed by atoms with van der Waals surface area (Å²) in [6, 6.07) is 20.7. The van der Waals surface area contributed by atoms with Crippen molar-refractivity contribution >= 4 is 11.8 Å². The molecule has 5 rings (SSSR count). The maximum atomic E-state index is 12.8. The van der Waals surface area contributed by atoms with Crippen LogP contribution in [-0.2, 0) is 9.59 Å². The summed E-state index contributed by atoms with van der Waals surface area (Å²) in [5.74, 6) is 1.17. The monoisotopic (exact) mass is 402 g/mol. The first-order valence-corrected chi connectivity index (χ1v) is 11.4. The first-order valence-electron chi connectivity index (χ1n) is 11.4. The molecule has 0 bridgehead atoms. The molecule has 6 atom stereocenters. The van der Waals surface area contributed by atoms with Gasteiger partial charge in [0.15, 0.2) is 0 Å². The molecule has 4 heteroatoms. The number of carbonyl (C=O) groups is 2. The van der Waals surface area contributed by atoms with Gasteiger partial charge in [-0.2, -0.15) is 0 Å². The molecule has 4 nitrogen and oxygen atoms in total. The van der Waals surface area contributed by atoms with Crippen molar-refractivity contribution < 1.29 is 9.59 Å². The van der Waals surface area contributed by atoms with Crippen LogP contribution in [0, 0.1) is 11.8 Å². The fraction of sp³-hybridized carbons (Fsp3) is 0.462. The van der Waals surface area contributed by atoms with Crippen LogP contribution in [0.5, 0.6) is 0 Å². The average molecular weight is 403 g/mol. The van der Waals surface area contributed by atoms with Crippen molar-refractivity contribution in [3.63, 3.8) is 0 Å². The van der Waals surface area contributed by atoms with Crippen LogP contribution in [0.4, 0.5) is 0 Å². The van der Waals surface area contributed by atoms with E-state index in [0.29, 0.717) is 11.8 Å². The molecular formula is C26H30N2O2. The fourth-order valence-electron chi connectivity index (χ4n) is 5.16. The predicted octanol–water partition coefficient (Wildman–Crippen LogP) is 4.14. The zero-order valence-corrected chi connectivity index (χ0v) is 17.3. The summed E-state index contributed by atoms with van der Waals surface area (Å²) in [5, 5.41) is 6.57. The highest BCUT2D eigenvalue weighted by molar-refractivity contribution is 5.84. The summed E-state index contributed by atoms with van der Waals surface area (Å²) in [5.41, 5.74) is 2.51. The first kappa shape index (κ1) is 19.3. The number of hydrogen-bond donors (Lipinski definition) is 2. The Labute approximate surface area is 178 Å². The smallest absolute Gasteiger partial charge is 0.224 e. The lowest BCUT2D eigenvalue weighted by Crippen LogP contribution is -2.53. The summed E-state index contributed by atoms with van der Waals surface area (Å²) in [6.07, 6.45) is 5.99. The molecule has 0 unspecified atom stereocenters. The highest BCUT2D eigenvalue weighted by Crippen LogP contribution is 2.48. The van der Waals surface area contributed by atoms with Crippen molar-refractivity contribution in [2.75, 3.05) is 0 Å². The SMILES string of the molecule is O=C(N[C@@H]1CCCC[C@H]1NC(=O)[C@H]1C[C@@H]1c1ccccc1)[C@H]1C[C@@H]1c1ccccc1. The Morgan fingerprint density at radius 3 is 1.43 bits per heavy atom. The molecule has 0 radical (unpaired) electrons. The van der Waals surface area contributed by atoms with Crippen LogP contribution >= 0.6 is 0 Å². The second-order valence-electron chi connectivity index (χ2n) is 9.23. The quantitative estimate of drug-likeness (QED) is 0.763. The maximum absolute atomic E-state index is 12.8. The van der Waals surface area contributed by atoms with Gasteiger partial charge in [-0.3, -0.25) is 9.59 Å². The Morgan fingerprint density at radius 1 is 0.633 bits per heavy atom. The Kier molecular flexibility index (Phi) is 5.32. The minimum atomic E-state index is 0.0566. The molecule has 2 aromatic rings. The normalized spacial score (nSPS) is 32.1. The van der Waals surface area contributed by atoms with Gasteiger partial charge in [-0.05, 0) is 48.6 Å². The van der Waals surface area contributed by atoms with E-state index in [9.17, 15) is 9.59 Å². The third-order valence-electron chi connectivity index (χ3n) is 7.13. The van der Waals surface area contributed by atoms with Crippen molar-refractivity contribution in [1.82, 2.24) is 10.6 Å². The summed E-state index contributed by atoms with van der Waals surface area (Å²) < 4.78 is 0. The molecule has 0 heterocycles. The van der Waals surface area contributed by atoms with Gasteiger partial charge >= 0.3 is 0 Å². The molecule has 2 N–H and O–H groups in total. The lowest BCUT2D eigenvalue weighted by Gasteiger charge is -2.33. The van der Waals surface area contributed by atoms with Gasteiger partial charge in [0.25, 0.3) is 0 Å². The standard InChI is InChI=1S/C26H30N2O2/c29-25(21-15-19(21)17-9-3-1-4-10-17)27-23-13-7-8-14-24(23)28-26(30)22-16-20(22)18-11-5-2-6-12-18/h1-6,9-12,19-24H,7-8,13-16H2,(H,27,29)(H,28,30)/t19-,20-,21+,22+,23-,24-/m1/s1. The molecule has 0 spiro atoms. The van der Waals surface area contributed by atoms with E-state index in [0.717, 1.165) is 38.5 Å². The van der Waals surface area contributed by atoms with E-state index in [4.69, 9.17) is 0 Å². The molecule has 0 aliphatic heterocycles. The highest BCUT2D eigenvalue weighted by atomic mass is 16.2. The molecule has 2 aromatic carbocycles. The van der Waals surface area contributed by atoms with Crippen LogP contribution in [0.2, 0.25) is 0 Å². The lowest BCUT2D eigenvalue weighted by molar-refractivity contribution is -0.126. The van der Waals surface area contributed by atoms with Crippen LogP contribution < -0.4 is 10.6 Å². The molecule has 3 saturated carbocycles. The lowest BCUT2D eigenvalue weighted by atomic mass is 9.89. The molecule has 0 aromatic heterocycles. The number of hydrogen-bond acceptors (Lipinski definition) is 2.